The topological polar surface area (TPSA) is 34.9 Å². The van der Waals surface area contributed by atoms with Gasteiger partial charge in [0.15, 0.2) is 5.78 Å². The molecule has 3 heteroatoms. The highest BCUT2D eigenvalue weighted by molar-refractivity contribution is 6.08. The molecule has 3 nitrogen and oxygen atoms in total. The van der Waals surface area contributed by atoms with E-state index in [-0.39, 0.29) is 5.78 Å². The van der Waals surface area contributed by atoms with Crippen LogP contribution in [-0.2, 0) is 7.05 Å². The summed E-state index contributed by atoms with van der Waals surface area (Å²) in [4.78, 5) is 11.7. The van der Waals surface area contributed by atoms with Gasteiger partial charge in [-0.05, 0) is 18.9 Å². The van der Waals surface area contributed by atoms with E-state index in [1.807, 2.05) is 19.9 Å². The Bertz CT molecular complexity index is 336. The van der Waals surface area contributed by atoms with Crippen molar-refractivity contribution in [2.45, 2.75) is 20.3 Å². The number of nitrogens with zero attached hydrogens (tertiary/aromatic N) is 2. The van der Waals surface area contributed by atoms with Gasteiger partial charge in [0, 0.05) is 13.2 Å². The van der Waals surface area contributed by atoms with Crippen LogP contribution in [0.5, 0.6) is 0 Å². The Kier molecular flexibility index (Phi) is 3.01. The molecule has 1 aromatic rings. The van der Waals surface area contributed by atoms with Crippen molar-refractivity contribution in [3.8, 4) is 0 Å². The SMILES string of the molecule is CC=C(CC)C(=O)c1cnn(C)c1. The Balaban J connectivity index is 2.91. The highest BCUT2D eigenvalue weighted by Crippen LogP contribution is 2.09. The zero-order chi connectivity index (χ0) is 9.84. The van der Waals surface area contributed by atoms with Crippen LogP contribution in [0.1, 0.15) is 30.6 Å². The van der Waals surface area contributed by atoms with Gasteiger partial charge in [-0.1, -0.05) is 13.0 Å². The third kappa shape index (κ3) is 2.05. The highest BCUT2D eigenvalue weighted by atomic mass is 16.1. The van der Waals surface area contributed by atoms with Crippen molar-refractivity contribution in [3.05, 3.63) is 29.6 Å². The number of aryl methyl sites for hydroxylation is 1. The van der Waals surface area contributed by atoms with Crippen LogP contribution in [0.4, 0.5) is 0 Å². The van der Waals surface area contributed by atoms with Gasteiger partial charge in [0.25, 0.3) is 0 Å². The normalized spacial score (nSPS) is 11.8. The van der Waals surface area contributed by atoms with E-state index in [1.54, 1.807) is 24.1 Å². The fraction of sp³-hybridized carbons (Fsp3) is 0.400. The molecule has 1 aromatic heterocycles. The lowest BCUT2D eigenvalue weighted by molar-refractivity contribution is 0.103. The van der Waals surface area contributed by atoms with E-state index in [0.717, 1.165) is 12.0 Å². The smallest absolute Gasteiger partial charge is 0.191 e. The van der Waals surface area contributed by atoms with E-state index < -0.39 is 0 Å². The summed E-state index contributed by atoms with van der Waals surface area (Å²) in [5, 5.41) is 3.96. The van der Waals surface area contributed by atoms with Crippen molar-refractivity contribution in [3.63, 3.8) is 0 Å². The molecule has 0 N–H and O–H groups in total. The van der Waals surface area contributed by atoms with E-state index in [2.05, 4.69) is 5.10 Å². The summed E-state index contributed by atoms with van der Waals surface area (Å²) in [6.07, 6.45) is 5.96. The number of carbonyl (C=O) groups excluding carboxylic acids is 1. The van der Waals surface area contributed by atoms with Crippen LogP contribution >= 0.6 is 0 Å². The largest absolute Gasteiger partial charge is 0.289 e. The molecule has 0 aliphatic carbocycles. The molecule has 13 heavy (non-hydrogen) atoms. The Morgan fingerprint density at radius 1 is 1.69 bits per heavy atom. The van der Waals surface area contributed by atoms with Crippen molar-refractivity contribution in [1.82, 2.24) is 9.78 Å². The lowest BCUT2D eigenvalue weighted by atomic mass is 10.0. The molecule has 0 amide bonds. The van der Waals surface area contributed by atoms with E-state index in [9.17, 15) is 4.79 Å². The molecule has 0 aromatic carbocycles. The van der Waals surface area contributed by atoms with Gasteiger partial charge in [0.05, 0.1) is 11.8 Å². The molecular formula is C10H14N2O. The van der Waals surface area contributed by atoms with Gasteiger partial charge in [-0.3, -0.25) is 9.48 Å². The van der Waals surface area contributed by atoms with E-state index >= 15 is 0 Å². The van der Waals surface area contributed by atoms with Gasteiger partial charge in [-0.2, -0.15) is 5.10 Å². The maximum absolute atomic E-state index is 11.7. The van der Waals surface area contributed by atoms with Crippen LogP contribution in [0.3, 0.4) is 0 Å². The molecule has 0 atom stereocenters. The van der Waals surface area contributed by atoms with Crippen LogP contribution in [0.25, 0.3) is 0 Å². The van der Waals surface area contributed by atoms with Gasteiger partial charge in [0.1, 0.15) is 0 Å². The summed E-state index contributed by atoms with van der Waals surface area (Å²) < 4.78 is 1.64. The summed E-state index contributed by atoms with van der Waals surface area (Å²) in [6.45, 7) is 3.86. The number of aromatic nitrogens is 2. The molecule has 0 unspecified atom stereocenters. The summed E-state index contributed by atoms with van der Waals surface area (Å²) in [6, 6.07) is 0. The maximum atomic E-state index is 11.7. The van der Waals surface area contributed by atoms with Gasteiger partial charge in [0.2, 0.25) is 0 Å². The lowest BCUT2D eigenvalue weighted by Crippen LogP contribution is -2.01. The number of hydrogen-bond acceptors (Lipinski definition) is 2. The maximum Gasteiger partial charge on any atom is 0.191 e. The molecule has 0 spiro atoms. The molecular weight excluding hydrogens is 164 g/mol. The molecule has 1 heterocycles. The zero-order valence-electron chi connectivity index (χ0n) is 8.24. The van der Waals surface area contributed by atoms with E-state index in [1.165, 1.54) is 0 Å². The van der Waals surface area contributed by atoms with Crippen molar-refractivity contribution >= 4 is 5.78 Å². The minimum absolute atomic E-state index is 0.0816. The zero-order valence-corrected chi connectivity index (χ0v) is 8.24. The van der Waals surface area contributed by atoms with E-state index in [4.69, 9.17) is 0 Å². The number of Topliss-reactive ketones (excluding diaryl/α,β-unsaturated/α-hetero) is 1. The highest BCUT2D eigenvalue weighted by Gasteiger charge is 2.10. The molecule has 0 saturated heterocycles. The Hall–Kier alpha value is -1.38. The fourth-order valence-electron chi connectivity index (χ4n) is 1.22. The lowest BCUT2D eigenvalue weighted by Gasteiger charge is -1.98. The van der Waals surface area contributed by atoms with Crippen LogP contribution in [0.15, 0.2) is 24.0 Å². The Morgan fingerprint density at radius 3 is 2.77 bits per heavy atom. The number of rotatable bonds is 3. The first kappa shape index (κ1) is 9.71. The minimum atomic E-state index is 0.0816. The first-order valence-corrected chi connectivity index (χ1v) is 4.37. The van der Waals surface area contributed by atoms with Gasteiger partial charge in [-0.25, -0.2) is 0 Å². The average Bonchev–Trinajstić information content (AvgIpc) is 2.54. The van der Waals surface area contributed by atoms with Gasteiger partial charge < -0.3 is 0 Å². The Labute approximate surface area is 78.1 Å². The standard InChI is InChI=1S/C10H14N2O/c1-4-8(5-2)10(13)9-6-11-12(3)7-9/h4,6-7H,5H2,1-3H3. The van der Waals surface area contributed by atoms with Crippen LogP contribution < -0.4 is 0 Å². The Morgan fingerprint density at radius 2 is 2.38 bits per heavy atom. The van der Waals surface area contributed by atoms with Crippen molar-refractivity contribution in [1.29, 1.82) is 0 Å². The van der Waals surface area contributed by atoms with Crippen molar-refractivity contribution < 1.29 is 4.79 Å². The predicted molar refractivity (Wildman–Crippen MR) is 51.6 cm³/mol. The molecule has 0 bridgehead atoms. The molecule has 0 aliphatic heterocycles. The number of allylic oxidation sites excluding steroid dienone is 2. The van der Waals surface area contributed by atoms with Crippen LogP contribution in [-0.4, -0.2) is 15.6 Å². The fourth-order valence-corrected chi connectivity index (χ4v) is 1.22. The van der Waals surface area contributed by atoms with Gasteiger partial charge in [-0.15, -0.1) is 0 Å². The van der Waals surface area contributed by atoms with Crippen molar-refractivity contribution in [2.24, 2.45) is 7.05 Å². The van der Waals surface area contributed by atoms with Crippen LogP contribution in [0, 0.1) is 0 Å². The summed E-state index contributed by atoms with van der Waals surface area (Å²) in [5.74, 6) is 0.0816. The monoisotopic (exact) mass is 178 g/mol. The molecule has 0 saturated carbocycles. The van der Waals surface area contributed by atoms with E-state index in [0.29, 0.717) is 5.56 Å². The number of hydrogen-bond donors (Lipinski definition) is 0. The van der Waals surface area contributed by atoms with Crippen LogP contribution in [0.2, 0.25) is 0 Å². The summed E-state index contributed by atoms with van der Waals surface area (Å²) >= 11 is 0. The second-order valence-corrected chi connectivity index (χ2v) is 2.90. The second-order valence-electron chi connectivity index (χ2n) is 2.90. The third-order valence-corrected chi connectivity index (χ3v) is 1.99. The quantitative estimate of drug-likeness (QED) is 0.524. The average molecular weight is 178 g/mol. The van der Waals surface area contributed by atoms with Crippen molar-refractivity contribution in [2.75, 3.05) is 0 Å². The van der Waals surface area contributed by atoms with Gasteiger partial charge >= 0.3 is 0 Å². The summed E-state index contributed by atoms with van der Waals surface area (Å²) in [5.41, 5.74) is 1.51. The molecule has 70 valence electrons. The summed E-state index contributed by atoms with van der Waals surface area (Å²) in [7, 11) is 1.80. The number of carbonyl (C=O) groups is 1. The predicted octanol–water partition coefficient (Wildman–Crippen LogP) is 1.96. The molecule has 0 fully saturated rings. The molecule has 0 aliphatic rings. The molecule has 1 rings (SSSR count). The first-order chi connectivity index (χ1) is 6.19. The third-order valence-electron chi connectivity index (χ3n) is 1.99. The first-order valence-electron chi connectivity index (χ1n) is 4.37. The number of ketones is 1. The minimum Gasteiger partial charge on any atom is -0.289 e. The second kappa shape index (κ2) is 4.03. The molecule has 0 radical (unpaired) electrons.